The van der Waals surface area contributed by atoms with Gasteiger partial charge in [0, 0.05) is 32.7 Å². The fourth-order valence-electron chi connectivity index (χ4n) is 4.42. The van der Waals surface area contributed by atoms with Gasteiger partial charge in [-0.05, 0) is 36.5 Å². The third kappa shape index (κ3) is 15.6. The number of carboxylic acid groups (broad SMARTS) is 2. The summed E-state index contributed by atoms with van der Waals surface area (Å²) in [6.07, 6.45) is 0. The first-order valence-corrected chi connectivity index (χ1v) is 16.0. The highest BCUT2D eigenvalue weighted by Crippen LogP contribution is 2.15. The van der Waals surface area contributed by atoms with Crippen molar-refractivity contribution in [1.82, 2.24) is 19.9 Å². The Morgan fingerprint density at radius 3 is 1.96 bits per heavy atom. The van der Waals surface area contributed by atoms with Gasteiger partial charge in [0.2, 0.25) is 0 Å². The molecule has 0 bridgehead atoms. The van der Waals surface area contributed by atoms with Gasteiger partial charge in [-0.25, -0.2) is 29.6 Å². The second-order valence-corrected chi connectivity index (χ2v) is 10.4. The first-order valence-electron chi connectivity index (χ1n) is 15.6. The molecule has 0 atom stereocenters. The molecular formula is C31H44N6O10S. The molecule has 16 nitrogen and oxygen atoms in total. The molecule has 2 N–H and O–H groups in total. The van der Waals surface area contributed by atoms with Gasteiger partial charge in [-0.2, -0.15) is 0 Å². The van der Waals surface area contributed by atoms with Gasteiger partial charge in [-0.15, -0.1) is 0 Å². The highest BCUT2D eigenvalue weighted by Gasteiger charge is 2.20. The minimum absolute atomic E-state index is 0.00453. The van der Waals surface area contributed by atoms with E-state index in [4.69, 9.17) is 28.4 Å². The molecule has 3 rings (SSSR count). The van der Waals surface area contributed by atoms with Crippen molar-refractivity contribution in [3.8, 4) is 0 Å². The van der Waals surface area contributed by atoms with E-state index in [0.717, 1.165) is 0 Å². The zero-order chi connectivity index (χ0) is 34.2. The summed E-state index contributed by atoms with van der Waals surface area (Å²) in [6, 6.07) is 9.73. The fourth-order valence-corrected chi connectivity index (χ4v) is 4.51. The Labute approximate surface area is 285 Å². The van der Waals surface area contributed by atoms with E-state index in [2.05, 4.69) is 37.2 Å². The highest BCUT2D eigenvalue weighted by molar-refractivity contribution is 7.78. The lowest BCUT2D eigenvalue weighted by atomic mass is 10.3. The highest BCUT2D eigenvalue weighted by atomic mass is 32.1. The molecule has 1 aliphatic rings. The molecule has 0 amide bonds. The summed E-state index contributed by atoms with van der Waals surface area (Å²) in [5.41, 5.74) is 0.565. The quantitative estimate of drug-likeness (QED) is 0.126. The fraction of sp³-hybridized carbons (Fsp3) is 0.581. The van der Waals surface area contributed by atoms with E-state index in [0.29, 0.717) is 117 Å². The van der Waals surface area contributed by atoms with Crippen LogP contribution in [0.5, 0.6) is 0 Å². The zero-order valence-electron chi connectivity index (χ0n) is 26.9. The number of hydrazine groups is 1. The summed E-state index contributed by atoms with van der Waals surface area (Å²) in [7, 11) is 0. The minimum Gasteiger partial charge on any atom is -0.477 e. The van der Waals surface area contributed by atoms with Crippen LogP contribution in [0.15, 0.2) is 41.4 Å². The number of ether oxygens (including phenoxy) is 6. The third-order valence-electron chi connectivity index (χ3n) is 6.80. The minimum atomic E-state index is -1.14. The van der Waals surface area contributed by atoms with Crippen molar-refractivity contribution in [3.05, 3.63) is 53.5 Å². The maximum atomic E-state index is 11.7. The van der Waals surface area contributed by atoms with Gasteiger partial charge in [0.25, 0.3) is 0 Å². The van der Waals surface area contributed by atoms with Crippen molar-refractivity contribution < 1.29 is 48.2 Å². The lowest BCUT2D eigenvalue weighted by Crippen LogP contribution is -2.48. The maximum absolute atomic E-state index is 11.7. The average molecular weight is 693 g/mol. The molecule has 2 aromatic heterocycles. The predicted octanol–water partition coefficient (Wildman–Crippen LogP) is 1.57. The van der Waals surface area contributed by atoms with E-state index in [1.54, 1.807) is 29.3 Å². The first kappa shape index (κ1) is 39.0. The maximum Gasteiger partial charge on any atom is 0.354 e. The van der Waals surface area contributed by atoms with Crippen molar-refractivity contribution >= 4 is 35.1 Å². The number of aromatic carboxylic acids is 2. The lowest BCUT2D eigenvalue weighted by molar-refractivity contribution is -0.00466. The molecule has 48 heavy (non-hydrogen) atoms. The van der Waals surface area contributed by atoms with Crippen LogP contribution in [-0.4, -0.2) is 159 Å². The van der Waals surface area contributed by atoms with Gasteiger partial charge in [0.15, 0.2) is 5.69 Å². The molecule has 3 heterocycles. The number of anilines is 1. The number of aromatic nitrogens is 2. The molecule has 1 saturated heterocycles. The van der Waals surface area contributed by atoms with E-state index in [9.17, 15) is 19.8 Å². The number of carbonyl (C=O) groups is 2. The van der Waals surface area contributed by atoms with E-state index in [-0.39, 0.29) is 24.7 Å². The van der Waals surface area contributed by atoms with Crippen LogP contribution >= 0.6 is 12.2 Å². The van der Waals surface area contributed by atoms with Crippen LogP contribution in [0.25, 0.3) is 0 Å². The number of rotatable bonds is 14. The third-order valence-corrected chi connectivity index (χ3v) is 6.93. The summed E-state index contributed by atoms with van der Waals surface area (Å²) in [5.74, 6) is -1.80. The largest absolute Gasteiger partial charge is 0.477 e. The summed E-state index contributed by atoms with van der Waals surface area (Å²) in [4.78, 5) is 37.5. The molecular weight excluding hydrogens is 648 g/mol. The van der Waals surface area contributed by atoms with Gasteiger partial charge in [-0.1, -0.05) is 12.1 Å². The molecule has 0 aliphatic carbocycles. The topological polar surface area (TPSA) is 178 Å². The zero-order valence-corrected chi connectivity index (χ0v) is 27.8. The number of isothiocyanates is 1. The van der Waals surface area contributed by atoms with Crippen LogP contribution in [0.1, 0.15) is 26.7 Å². The van der Waals surface area contributed by atoms with E-state index >= 15 is 0 Å². The Morgan fingerprint density at radius 1 is 0.792 bits per heavy atom. The molecule has 17 heteroatoms. The lowest BCUT2D eigenvalue weighted by Gasteiger charge is -2.35. The smallest absolute Gasteiger partial charge is 0.354 e. The number of nitrogens with zero attached hydrogens (tertiary/aromatic N) is 6. The van der Waals surface area contributed by atoms with Crippen molar-refractivity contribution in [3.63, 3.8) is 0 Å². The Balaban J connectivity index is 1.58. The predicted molar refractivity (Wildman–Crippen MR) is 177 cm³/mol. The molecule has 0 radical (unpaired) electrons. The Bertz CT molecular complexity index is 1270. The van der Waals surface area contributed by atoms with E-state index < -0.39 is 11.9 Å². The molecule has 0 spiro atoms. The summed E-state index contributed by atoms with van der Waals surface area (Å²) in [6.45, 7) is 7.10. The number of aliphatic imine (C=N–C) groups is 1. The molecule has 1 fully saturated rings. The second kappa shape index (κ2) is 23.8. The van der Waals surface area contributed by atoms with Crippen molar-refractivity contribution in [1.29, 1.82) is 0 Å². The number of hydrogen-bond acceptors (Lipinski definition) is 15. The Hall–Kier alpha value is -3.48. The monoisotopic (exact) mass is 692 g/mol. The molecule has 264 valence electrons. The Morgan fingerprint density at radius 2 is 1.35 bits per heavy atom. The molecule has 0 unspecified atom stereocenters. The van der Waals surface area contributed by atoms with Crippen LogP contribution in [0.2, 0.25) is 0 Å². The van der Waals surface area contributed by atoms with E-state index in [1.807, 2.05) is 5.01 Å². The average Bonchev–Trinajstić information content (AvgIpc) is 3.08. The summed E-state index contributed by atoms with van der Waals surface area (Å²) in [5, 5.41) is 24.8. The van der Waals surface area contributed by atoms with Crippen molar-refractivity contribution in [2.24, 2.45) is 4.99 Å². The van der Waals surface area contributed by atoms with Gasteiger partial charge in [-0.3, -0.25) is 9.91 Å². The van der Waals surface area contributed by atoms with Crippen LogP contribution in [0.4, 0.5) is 5.82 Å². The standard InChI is InChI=1S/C31H44N6O10S/c38-30(39)27-4-1-3-26(33-27)23-35-8-13-43-17-19-45-15-10-36(11-16-46-20-18-44-14-9-35)37(25-47-22-21-42-12-7-32-24-48)29-6-2-5-28(34-29)31(40)41/h1-6H,7-23,25H2,(H,38,39)(H,40,41). The van der Waals surface area contributed by atoms with Crippen LogP contribution in [0, 0.1) is 0 Å². The molecule has 0 aromatic carbocycles. The number of pyridine rings is 2. The summed E-state index contributed by atoms with van der Waals surface area (Å²) < 4.78 is 34.8. The second-order valence-electron chi connectivity index (χ2n) is 10.2. The molecule has 0 saturated carbocycles. The van der Waals surface area contributed by atoms with E-state index in [1.165, 1.54) is 12.1 Å². The van der Waals surface area contributed by atoms with Gasteiger partial charge in [0.1, 0.15) is 18.2 Å². The van der Waals surface area contributed by atoms with Gasteiger partial charge < -0.3 is 38.6 Å². The first-order chi connectivity index (χ1) is 23.5. The SMILES string of the molecule is O=C(O)c1cccc(CN2CCOCCOCCN(N(COCCOCCN=C=S)c3cccc(C(=O)O)n3)CCOCCOCC2)n1. The van der Waals surface area contributed by atoms with Gasteiger partial charge in [0.05, 0.1) is 90.1 Å². The van der Waals surface area contributed by atoms with Crippen LogP contribution in [-0.2, 0) is 35.0 Å². The summed E-state index contributed by atoms with van der Waals surface area (Å²) >= 11 is 4.55. The van der Waals surface area contributed by atoms with Crippen molar-refractivity contribution in [2.75, 3.05) is 117 Å². The van der Waals surface area contributed by atoms with Gasteiger partial charge >= 0.3 is 11.9 Å². The van der Waals surface area contributed by atoms with Crippen LogP contribution in [0.3, 0.4) is 0 Å². The number of thiocarbonyl (C=S) groups is 1. The van der Waals surface area contributed by atoms with Crippen LogP contribution < -0.4 is 5.01 Å². The van der Waals surface area contributed by atoms with Crippen molar-refractivity contribution in [2.45, 2.75) is 6.54 Å². The molecule has 1 aliphatic heterocycles. The normalized spacial score (nSPS) is 16.7. The number of carboxylic acids is 2. The molecule has 2 aromatic rings. The number of hydrogen-bond donors (Lipinski definition) is 2. The Kier molecular flexibility index (Phi) is 19.3.